The number of halogens is 1. The van der Waals surface area contributed by atoms with E-state index in [1.165, 1.54) is 12.1 Å². The fourth-order valence-electron chi connectivity index (χ4n) is 2.50. The van der Waals surface area contributed by atoms with E-state index < -0.39 is 4.92 Å². The highest BCUT2D eigenvalue weighted by Gasteiger charge is 2.16. The number of pyridine rings is 1. The summed E-state index contributed by atoms with van der Waals surface area (Å²) in [5.74, 6) is 0.0808. The van der Waals surface area contributed by atoms with Crippen molar-refractivity contribution < 1.29 is 4.92 Å². The van der Waals surface area contributed by atoms with Gasteiger partial charge in [0.25, 0.3) is 5.69 Å². The molecule has 1 heterocycles. The molecule has 3 rings (SSSR count). The maximum atomic E-state index is 11.0. The normalized spacial score (nSPS) is 10.2. The highest BCUT2D eigenvalue weighted by Crippen LogP contribution is 2.35. The second-order valence-corrected chi connectivity index (χ2v) is 6.07. The Labute approximate surface area is 151 Å². The summed E-state index contributed by atoms with van der Waals surface area (Å²) in [7, 11) is 0. The third-order valence-electron chi connectivity index (χ3n) is 3.68. The van der Waals surface area contributed by atoms with Crippen molar-refractivity contribution in [3.8, 4) is 28.5 Å². The van der Waals surface area contributed by atoms with Crippen LogP contribution in [-0.2, 0) is 0 Å². The zero-order valence-electron chi connectivity index (χ0n) is 12.8. The Morgan fingerprint density at radius 2 is 1.88 bits per heavy atom. The molecule has 6 nitrogen and oxygen atoms in total. The summed E-state index contributed by atoms with van der Waals surface area (Å²) < 4.78 is 0.807. The van der Waals surface area contributed by atoms with Crippen molar-refractivity contribution in [2.45, 2.75) is 0 Å². The summed E-state index contributed by atoms with van der Waals surface area (Å²) in [5, 5.41) is 20.5. The molecule has 3 aromatic rings. The predicted molar refractivity (Wildman–Crippen MR) is 98.6 cm³/mol. The van der Waals surface area contributed by atoms with Gasteiger partial charge in [0.05, 0.1) is 10.6 Å². The van der Waals surface area contributed by atoms with Crippen LogP contribution in [0.4, 0.5) is 11.5 Å². The van der Waals surface area contributed by atoms with Crippen LogP contribution in [0.15, 0.2) is 59.1 Å². The van der Waals surface area contributed by atoms with E-state index >= 15 is 0 Å². The van der Waals surface area contributed by atoms with Gasteiger partial charge in [-0.2, -0.15) is 5.26 Å². The van der Waals surface area contributed by atoms with Crippen LogP contribution in [0.2, 0.25) is 0 Å². The number of nitrogen functional groups attached to an aromatic ring is 1. The first-order valence-corrected chi connectivity index (χ1v) is 8.01. The molecular weight excluding hydrogens is 384 g/mol. The van der Waals surface area contributed by atoms with Crippen LogP contribution in [0, 0.1) is 21.4 Å². The third kappa shape index (κ3) is 3.20. The molecule has 0 spiro atoms. The molecule has 0 radical (unpaired) electrons. The molecule has 2 N–H and O–H groups in total. The largest absolute Gasteiger partial charge is 0.383 e. The number of nitro benzene ring substituents is 1. The lowest BCUT2D eigenvalue weighted by Gasteiger charge is -2.11. The molecule has 0 fully saturated rings. The van der Waals surface area contributed by atoms with Crippen molar-refractivity contribution >= 4 is 27.4 Å². The monoisotopic (exact) mass is 394 g/mol. The van der Waals surface area contributed by atoms with Crippen molar-refractivity contribution in [2.24, 2.45) is 0 Å². The minimum absolute atomic E-state index is 0.0373. The Bertz CT molecular complexity index is 1030. The Hall–Kier alpha value is -3.24. The molecule has 7 heteroatoms. The van der Waals surface area contributed by atoms with E-state index in [2.05, 4.69) is 27.0 Å². The zero-order chi connectivity index (χ0) is 18.0. The lowest BCUT2D eigenvalue weighted by Crippen LogP contribution is -2.00. The lowest BCUT2D eigenvalue weighted by molar-refractivity contribution is -0.384. The van der Waals surface area contributed by atoms with Crippen molar-refractivity contribution in [3.05, 3.63) is 74.7 Å². The average Bonchev–Trinajstić information content (AvgIpc) is 2.61. The molecular formula is C18H11BrN4O2. The zero-order valence-corrected chi connectivity index (χ0v) is 14.4. The van der Waals surface area contributed by atoms with Crippen LogP contribution in [0.1, 0.15) is 5.56 Å². The first-order valence-electron chi connectivity index (χ1n) is 7.21. The van der Waals surface area contributed by atoms with Gasteiger partial charge in [-0.3, -0.25) is 10.1 Å². The van der Waals surface area contributed by atoms with E-state index in [1.54, 1.807) is 18.2 Å². The number of rotatable bonds is 3. The lowest BCUT2D eigenvalue weighted by atomic mass is 9.98. The van der Waals surface area contributed by atoms with Gasteiger partial charge in [-0.1, -0.05) is 46.3 Å². The summed E-state index contributed by atoms with van der Waals surface area (Å²) in [6.45, 7) is 0. The fraction of sp³-hybridized carbons (Fsp3) is 0. The average molecular weight is 395 g/mol. The molecule has 1 aromatic heterocycles. The SMILES string of the molecule is N#Cc1c(-c2ccccc2Br)cc(-c2cccc([N+](=O)[O-])c2)nc1N. The minimum Gasteiger partial charge on any atom is -0.383 e. The first-order chi connectivity index (χ1) is 12.0. The molecule has 0 unspecified atom stereocenters. The Morgan fingerprint density at radius 1 is 1.12 bits per heavy atom. The number of anilines is 1. The van der Waals surface area contributed by atoms with Gasteiger partial charge in [0.15, 0.2) is 0 Å². The van der Waals surface area contributed by atoms with Crippen molar-refractivity contribution in [1.82, 2.24) is 4.98 Å². The van der Waals surface area contributed by atoms with Gasteiger partial charge < -0.3 is 5.73 Å². The maximum Gasteiger partial charge on any atom is 0.270 e. The van der Waals surface area contributed by atoms with E-state index in [0.29, 0.717) is 16.8 Å². The van der Waals surface area contributed by atoms with Crippen LogP contribution < -0.4 is 5.73 Å². The number of hydrogen-bond acceptors (Lipinski definition) is 5. The van der Waals surface area contributed by atoms with Crippen molar-refractivity contribution in [1.29, 1.82) is 5.26 Å². The van der Waals surface area contributed by atoms with Crippen molar-refractivity contribution in [3.63, 3.8) is 0 Å². The summed E-state index contributed by atoms with van der Waals surface area (Å²) in [6, 6.07) is 17.4. The Balaban J connectivity index is 2.25. The molecule has 0 aliphatic carbocycles. The molecule has 122 valence electrons. The highest BCUT2D eigenvalue weighted by atomic mass is 79.9. The Kier molecular flexibility index (Phi) is 4.46. The molecule has 2 aromatic carbocycles. The number of benzene rings is 2. The van der Waals surface area contributed by atoms with Gasteiger partial charge in [0.2, 0.25) is 0 Å². The molecule has 0 aliphatic heterocycles. The first kappa shape index (κ1) is 16.6. The quantitative estimate of drug-likeness (QED) is 0.518. The number of aromatic nitrogens is 1. The smallest absolute Gasteiger partial charge is 0.270 e. The van der Waals surface area contributed by atoms with Crippen molar-refractivity contribution in [2.75, 3.05) is 5.73 Å². The highest BCUT2D eigenvalue weighted by molar-refractivity contribution is 9.10. The van der Waals surface area contributed by atoms with E-state index in [0.717, 1.165) is 10.0 Å². The topological polar surface area (TPSA) is 106 Å². The van der Waals surface area contributed by atoms with E-state index in [-0.39, 0.29) is 17.1 Å². The molecule has 0 bridgehead atoms. The number of nitro groups is 1. The van der Waals surface area contributed by atoms with E-state index in [9.17, 15) is 15.4 Å². The van der Waals surface area contributed by atoms with Gasteiger partial charge >= 0.3 is 0 Å². The summed E-state index contributed by atoms with van der Waals surface area (Å²) in [6.07, 6.45) is 0. The second kappa shape index (κ2) is 6.71. The van der Waals surface area contributed by atoms with Crippen LogP contribution in [0.25, 0.3) is 22.4 Å². The van der Waals surface area contributed by atoms with Gasteiger partial charge in [0, 0.05) is 27.7 Å². The summed E-state index contributed by atoms with van der Waals surface area (Å²) in [5.41, 5.74) is 8.62. The number of non-ortho nitro benzene ring substituents is 1. The number of nitriles is 1. The number of nitrogens with two attached hydrogens (primary N) is 1. The van der Waals surface area contributed by atoms with Gasteiger partial charge in [-0.05, 0) is 17.7 Å². The standard InChI is InChI=1S/C18H11BrN4O2/c19-16-7-2-1-6-13(16)14-9-17(22-18(21)15(14)10-20)11-4-3-5-12(8-11)23(24)25/h1-9H,(H2,21,22). The van der Waals surface area contributed by atoms with Gasteiger partial charge in [-0.15, -0.1) is 0 Å². The van der Waals surface area contributed by atoms with Crippen LogP contribution in [0.5, 0.6) is 0 Å². The molecule has 0 saturated heterocycles. The summed E-state index contributed by atoms with van der Waals surface area (Å²) >= 11 is 3.47. The molecule has 25 heavy (non-hydrogen) atoms. The van der Waals surface area contributed by atoms with E-state index in [4.69, 9.17) is 5.73 Å². The minimum atomic E-state index is -0.467. The maximum absolute atomic E-state index is 11.0. The van der Waals surface area contributed by atoms with Gasteiger partial charge in [-0.25, -0.2) is 4.98 Å². The second-order valence-electron chi connectivity index (χ2n) is 5.21. The predicted octanol–water partition coefficient (Wildman–Crippen LogP) is 4.54. The number of hydrogen-bond donors (Lipinski definition) is 1. The third-order valence-corrected chi connectivity index (χ3v) is 4.37. The van der Waals surface area contributed by atoms with E-state index in [1.807, 2.05) is 24.3 Å². The summed E-state index contributed by atoms with van der Waals surface area (Å²) in [4.78, 5) is 14.8. The van der Waals surface area contributed by atoms with Gasteiger partial charge in [0.1, 0.15) is 17.5 Å². The van der Waals surface area contributed by atoms with Crippen LogP contribution >= 0.6 is 15.9 Å². The molecule has 0 aliphatic rings. The van der Waals surface area contributed by atoms with Crippen LogP contribution in [-0.4, -0.2) is 9.91 Å². The molecule has 0 saturated carbocycles. The molecule has 0 atom stereocenters. The molecule has 0 amide bonds. The van der Waals surface area contributed by atoms with Crippen LogP contribution in [0.3, 0.4) is 0 Å². The fourth-order valence-corrected chi connectivity index (χ4v) is 3.00. The number of nitrogens with zero attached hydrogens (tertiary/aromatic N) is 3. The Morgan fingerprint density at radius 3 is 2.56 bits per heavy atom.